The number of halogens is 1. The standard InChI is InChI=1S/C24H29ClN5OP/c1-15(2)29-8-7-27(12-17(29)4)19-5-6-23-30(14-19)22(31)10-21(32-23)18-9-20(25)24-26-16(3)11-28(24)13-18/h5-6,9-11,13-15,17,23,32H,7-8,12H2,1-4H3/t17-,23?/m1/s1. The molecule has 0 saturated carbocycles. The molecular weight excluding hydrogens is 441 g/mol. The number of rotatable bonds is 3. The molecule has 0 bridgehead atoms. The highest BCUT2D eigenvalue weighted by Gasteiger charge is 2.32. The summed E-state index contributed by atoms with van der Waals surface area (Å²) in [6, 6.07) is 2.97. The number of aryl methyl sites for hydroxylation is 1. The van der Waals surface area contributed by atoms with E-state index in [-0.39, 0.29) is 11.7 Å². The Bertz CT molecular complexity index is 1170. The largest absolute Gasteiger partial charge is 0.368 e. The first kappa shape index (κ1) is 21.7. The zero-order valence-corrected chi connectivity index (χ0v) is 20.7. The number of hydrogen-bond acceptors (Lipinski definition) is 4. The lowest BCUT2D eigenvalue weighted by Gasteiger charge is -2.44. The molecule has 3 aliphatic heterocycles. The Hall–Kier alpha value is -2.14. The predicted molar refractivity (Wildman–Crippen MR) is 132 cm³/mol. The van der Waals surface area contributed by atoms with E-state index in [2.05, 4.69) is 47.7 Å². The van der Waals surface area contributed by atoms with Crippen LogP contribution in [0, 0.1) is 6.92 Å². The van der Waals surface area contributed by atoms with E-state index >= 15 is 0 Å². The Morgan fingerprint density at radius 3 is 2.81 bits per heavy atom. The lowest BCUT2D eigenvalue weighted by atomic mass is 10.1. The third-order valence-corrected chi connectivity index (χ3v) is 8.28. The van der Waals surface area contributed by atoms with Crippen LogP contribution in [0.1, 0.15) is 32.0 Å². The molecule has 6 nitrogen and oxygen atoms in total. The molecule has 2 unspecified atom stereocenters. The number of pyridine rings is 1. The van der Waals surface area contributed by atoms with Gasteiger partial charge in [0.25, 0.3) is 5.91 Å². The molecular formula is C24H29ClN5OP. The fourth-order valence-electron chi connectivity index (χ4n) is 4.92. The van der Waals surface area contributed by atoms with Crippen molar-refractivity contribution in [2.75, 3.05) is 19.6 Å². The van der Waals surface area contributed by atoms with Gasteiger partial charge >= 0.3 is 0 Å². The average molecular weight is 470 g/mol. The van der Waals surface area contributed by atoms with Gasteiger partial charge in [-0.1, -0.05) is 26.3 Å². The van der Waals surface area contributed by atoms with Crippen molar-refractivity contribution in [3.8, 4) is 0 Å². The Morgan fingerprint density at radius 1 is 1.25 bits per heavy atom. The lowest BCUT2D eigenvalue weighted by molar-refractivity contribution is -0.123. The maximum absolute atomic E-state index is 13.1. The third-order valence-electron chi connectivity index (χ3n) is 6.49. The van der Waals surface area contributed by atoms with Gasteiger partial charge in [0.15, 0.2) is 5.65 Å². The maximum atomic E-state index is 13.1. The molecule has 0 spiro atoms. The van der Waals surface area contributed by atoms with Gasteiger partial charge in [-0.05, 0) is 45.2 Å². The van der Waals surface area contributed by atoms with E-state index in [1.807, 2.05) is 40.9 Å². The fourth-order valence-corrected chi connectivity index (χ4v) is 6.54. The SMILES string of the molecule is Cc1cn2cc(C3=CC(=O)N4C=C(N5CCN(C(C)C)[C@H](C)C5)C=CC4P3)cc(Cl)c2n1. The molecule has 5 rings (SSSR count). The van der Waals surface area contributed by atoms with Gasteiger partial charge in [0.2, 0.25) is 0 Å². The first-order valence-electron chi connectivity index (χ1n) is 11.2. The Balaban J connectivity index is 1.37. The van der Waals surface area contributed by atoms with Crippen molar-refractivity contribution < 1.29 is 4.79 Å². The molecule has 1 fully saturated rings. The van der Waals surface area contributed by atoms with Crippen molar-refractivity contribution in [2.24, 2.45) is 0 Å². The molecule has 1 amide bonds. The molecule has 1 saturated heterocycles. The quantitative estimate of drug-likeness (QED) is 0.628. The van der Waals surface area contributed by atoms with Gasteiger partial charge in [-0.25, -0.2) is 4.98 Å². The summed E-state index contributed by atoms with van der Waals surface area (Å²) in [4.78, 5) is 24.4. The zero-order chi connectivity index (χ0) is 22.6. The number of nitrogens with zero attached hydrogens (tertiary/aromatic N) is 5. The number of imidazole rings is 1. The van der Waals surface area contributed by atoms with Crippen LogP contribution in [0.15, 0.2) is 48.6 Å². The summed E-state index contributed by atoms with van der Waals surface area (Å²) < 4.78 is 1.95. The molecule has 3 atom stereocenters. The van der Waals surface area contributed by atoms with Crippen LogP contribution in [0.5, 0.6) is 0 Å². The first-order valence-corrected chi connectivity index (χ1v) is 12.6. The van der Waals surface area contributed by atoms with Crippen molar-refractivity contribution in [3.05, 3.63) is 64.9 Å². The van der Waals surface area contributed by atoms with E-state index < -0.39 is 0 Å². The fraction of sp³-hybridized carbons (Fsp3) is 0.417. The van der Waals surface area contributed by atoms with E-state index in [0.29, 0.717) is 25.7 Å². The molecule has 2 aromatic rings. The summed E-state index contributed by atoms with van der Waals surface area (Å²) in [5.41, 5.74) is 3.78. The number of aromatic nitrogens is 2. The molecule has 32 heavy (non-hydrogen) atoms. The highest BCUT2D eigenvalue weighted by Crippen LogP contribution is 2.45. The first-order chi connectivity index (χ1) is 15.3. The number of carbonyl (C=O) groups excluding carboxylic acids is 1. The molecule has 5 heterocycles. The van der Waals surface area contributed by atoms with Gasteiger partial charge < -0.3 is 14.2 Å². The van der Waals surface area contributed by atoms with Gasteiger partial charge in [-0.3, -0.25) is 9.69 Å². The summed E-state index contributed by atoms with van der Waals surface area (Å²) in [6.07, 6.45) is 12.2. The Morgan fingerprint density at radius 2 is 2.06 bits per heavy atom. The Labute approximate surface area is 196 Å². The molecule has 0 radical (unpaired) electrons. The van der Waals surface area contributed by atoms with E-state index in [4.69, 9.17) is 11.6 Å². The summed E-state index contributed by atoms with van der Waals surface area (Å²) in [7, 11) is 0.462. The van der Waals surface area contributed by atoms with E-state index in [1.165, 1.54) is 0 Å². The monoisotopic (exact) mass is 469 g/mol. The smallest absolute Gasteiger partial charge is 0.252 e. The van der Waals surface area contributed by atoms with Gasteiger partial charge in [0, 0.05) is 62.0 Å². The zero-order valence-electron chi connectivity index (χ0n) is 18.9. The van der Waals surface area contributed by atoms with Crippen molar-refractivity contribution in [1.29, 1.82) is 0 Å². The molecule has 168 valence electrons. The second kappa shape index (κ2) is 8.33. The van der Waals surface area contributed by atoms with Crippen molar-refractivity contribution in [2.45, 2.75) is 45.6 Å². The van der Waals surface area contributed by atoms with E-state index in [0.717, 1.165) is 47.6 Å². The van der Waals surface area contributed by atoms with Gasteiger partial charge in [0.1, 0.15) is 0 Å². The lowest BCUT2D eigenvalue weighted by Crippen LogP contribution is -2.54. The van der Waals surface area contributed by atoms with Crippen LogP contribution in [0.25, 0.3) is 11.0 Å². The third kappa shape index (κ3) is 3.89. The van der Waals surface area contributed by atoms with Crippen LogP contribution >= 0.6 is 20.2 Å². The number of hydrogen-bond donors (Lipinski definition) is 0. The number of allylic oxidation sites excluding steroid dienone is 1. The van der Waals surface area contributed by atoms with Crippen LogP contribution < -0.4 is 0 Å². The molecule has 0 aromatic carbocycles. The minimum absolute atomic E-state index is 0.0255. The summed E-state index contributed by atoms with van der Waals surface area (Å²) in [6.45, 7) is 11.8. The molecule has 8 heteroatoms. The van der Waals surface area contributed by atoms with Crippen molar-refractivity contribution in [3.63, 3.8) is 0 Å². The van der Waals surface area contributed by atoms with E-state index in [9.17, 15) is 4.79 Å². The van der Waals surface area contributed by atoms with Crippen LogP contribution in [-0.4, -0.2) is 67.5 Å². The number of fused-ring (bicyclic) bond motifs is 2. The molecule has 0 N–H and O–H groups in total. The van der Waals surface area contributed by atoms with Gasteiger partial charge in [-0.15, -0.1) is 0 Å². The number of piperazine rings is 1. The summed E-state index contributed by atoms with van der Waals surface area (Å²) in [5.74, 6) is 0.0807. The average Bonchev–Trinajstić information content (AvgIpc) is 3.14. The van der Waals surface area contributed by atoms with Gasteiger partial charge in [-0.2, -0.15) is 0 Å². The summed E-state index contributed by atoms with van der Waals surface area (Å²) in [5, 5.41) is 1.64. The van der Waals surface area contributed by atoms with E-state index in [1.54, 1.807) is 6.08 Å². The normalized spacial score (nSPS) is 25.0. The van der Waals surface area contributed by atoms with Gasteiger partial charge in [0.05, 0.1) is 22.2 Å². The topological polar surface area (TPSA) is 44.1 Å². The minimum Gasteiger partial charge on any atom is -0.368 e. The van der Waals surface area contributed by atoms with Crippen LogP contribution in [0.4, 0.5) is 0 Å². The molecule has 0 aliphatic carbocycles. The molecule has 3 aliphatic rings. The Kier molecular flexibility index (Phi) is 5.65. The highest BCUT2D eigenvalue weighted by molar-refractivity contribution is 7.51. The van der Waals surface area contributed by atoms with Crippen molar-refractivity contribution in [1.82, 2.24) is 24.1 Å². The summed E-state index contributed by atoms with van der Waals surface area (Å²) >= 11 is 6.48. The predicted octanol–water partition coefficient (Wildman–Crippen LogP) is 4.31. The highest BCUT2D eigenvalue weighted by atomic mass is 35.5. The van der Waals surface area contributed by atoms with Crippen LogP contribution in [0.2, 0.25) is 5.02 Å². The minimum atomic E-state index is 0.0255. The second-order valence-corrected chi connectivity index (χ2v) is 10.9. The van der Waals surface area contributed by atoms with Crippen LogP contribution in [-0.2, 0) is 4.79 Å². The van der Waals surface area contributed by atoms with Crippen LogP contribution in [0.3, 0.4) is 0 Å². The second-order valence-electron chi connectivity index (χ2n) is 9.12. The molecule has 2 aromatic heterocycles. The number of amides is 1. The number of carbonyl (C=O) groups is 1. The van der Waals surface area contributed by atoms with Crippen molar-refractivity contribution >= 4 is 37.1 Å². The maximum Gasteiger partial charge on any atom is 0.252 e.